The lowest BCUT2D eigenvalue weighted by molar-refractivity contribution is -0.125. The number of hydrogen-bond acceptors (Lipinski definition) is 5. The van der Waals surface area contributed by atoms with Crippen molar-refractivity contribution in [2.75, 3.05) is 18.0 Å². The molecule has 1 aromatic carbocycles. The number of para-hydroxylation sites is 1. The molecule has 2 aromatic heterocycles. The zero-order valence-electron chi connectivity index (χ0n) is 17.2. The lowest BCUT2D eigenvalue weighted by atomic mass is 9.95. The average molecular weight is 406 g/mol. The van der Waals surface area contributed by atoms with Gasteiger partial charge in [0.15, 0.2) is 0 Å². The minimum atomic E-state index is -0.145. The first kappa shape index (κ1) is 19.9. The van der Waals surface area contributed by atoms with Gasteiger partial charge in [0.1, 0.15) is 17.1 Å². The summed E-state index contributed by atoms with van der Waals surface area (Å²) >= 11 is 0. The Hall–Kier alpha value is -3.35. The monoisotopic (exact) mass is 406 g/mol. The molecule has 3 aromatic rings. The van der Waals surface area contributed by atoms with E-state index in [4.69, 9.17) is 0 Å². The number of phenols is 1. The number of aromatic amines is 1. The number of aryl methyl sites for hydroxylation is 2. The summed E-state index contributed by atoms with van der Waals surface area (Å²) in [5, 5.41) is 13.9. The van der Waals surface area contributed by atoms with Crippen molar-refractivity contribution in [3.05, 3.63) is 63.6 Å². The number of carbonyl (C=O) groups is 1. The van der Waals surface area contributed by atoms with E-state index >= 15 is 0 Å². The zero-order chi connectivity index (χ0) is 21.3. The molecule has 1 aliphatic rings. The van der Waals surface area contributed by atoms with Gasteiger partial charge in [-0.05, 0) is 56.5 Å². The molecule has 0 spiro atoms. The van der Waals surface area contributed by atoms with Crippen LogP contribution in [0.2, 0.25) is 0 Å². The highest BCUT2D eigenvalue weighted by Gasteiger charge is 2.26. The van der Waals surface area contributed by atoms with Crippen molar-refractivity contribution >= 4 is 22.6 Å². The van der Waals surface area contributed by atoms with Crippen LogP contribution in [0.3, 0.4) is 0 Å². The van der Waals surface area contributed by atoms with Crippen molar-refractivity contribution in [2.45, 2.75) is 33.2 Å². The molecule has 3 N–H and O–H groups in total. The number of rotatable bonds is 4. The average Bonchev–Trinajstić information content (AvgIpc) is 2.73. The lowest BCUT2D eigenvalue weighted by Gasteiger charge is -2.32. The van der Waals surface area contributed by atoms with Gasteiger partial charge in [0.2, 0.25) is 5.91 Å². The van der Waals surface area contributed by atoms with Crippen LogP contribution < -0.4 is 15.8 Å². The van der Waals surface area contributed by atoms with Crippen LogP contribution >= 0.6 is 0 Å². The maximum absolute atomic E-state index is 12.6. The number of phenolic OH excluding ortho intramolecular Hbond substituents is 1. The molecule has 0 unspecified atom stereocenters. The van der Waals surface area contributed by atoms with Crippen molar-refractivity contribution in [2.24, 2.45) is 5.92 Å². The molecule has 0 atom stereocenters. The molecule has 0 aliphatic carbocycles. The molecule has 1 amide bonds. The Kier molecular flexibility index (Phi) is 5.44. The van der Waals surface area contributed by atoms with Crippen molar-refractivity contribution in [3.8, 4) is 5.75 Å². The minimum absolute atomic E-state index is 0.0156. The summed E-state index contributed by atoms with van der Waals surface area (Å²) in [5.41, 5.74) is 2.75. The van der Waals surface area contributed by atoms with Crippen LogP contribution in [0.5, 0.6) is 5.75 Å². The topological polar surface area (TPSA) is 98.3 Å². The summed E-state index contributed by atoms with van der Waals surface area (Å²) in [4.78, 5) is 34.3. The fourth-order valence-electron chi connectivity index (χ4n) is 4.09. The van der Waals surface area contributed by atoms with E-state index in [-0.39, 0.29) is 29.7 Å². The van der Waals surface area contributed by atoms with Gasteiger partial charge in [0.25, 0.3) is 5.56 Å². The Morgan fingerprint density at radius 1 is 1.23 bits per heavy atom. The van der Waals surface area contributed by atoms with Crippen LogP contribution in [-0.4, -0.2) is 34.1 Å². The van der Waals surface area contributed by atoms with E-state index in [1.54, 1.807) is 12.1 Å². The summed E-state index contributed by atoms with van der Waals surface area (Å²) in [6.07, 6.45) is 1.44. The van der Waals surface area contributed by atoms with E-state index < -0.39 is 0 Å². The Labute approximate surface area is 174 Å². The Bertz CT molecular complexity index is 1150. The molecule has 1 fully saturated rings. The third kappa shape index (κ3) is 4.01. The fraction of sp³-hybridized carbons (Fsp3) is 0.348. The van der Waals surface area contributed by atoms with Gasteiger partial charge < -0.3 is 20.3 Å². The highest BCUT2D eigenvalue weighted by Crippen LogP contribution is 2.27. The molecule has 0 bridgehead atoms. The molecule has 30 heavy (non-hydrogen) atoms. The van der Waals surface area contributed by atoms with Crippen LogP contribution in [0.1, 0.15) is 29.7 Å². The molecule has 3 heterocycles. The number of nitrogens with zero attached hydrogens (tertiary/aromatic N) is 2. The van der Waals surface area contributed by atoms with Crippen LogP contribution in [0, 0.1) is 19.8 Å². The van der Waals surface area contributed by atoms with E-state index in [9.17, 15) is 14.7 Å². The molecule has 0 radical (unpaired) electrons. The van der Waals surface area contributed by atoms with Crippen molar-refractivity contribution in [1.29, 1.82) is 0 Å². The van der Waals surface area contributed by atoms with Gasteiger partial charge in [-0.15, -0.1) is 0 Å². The first-order valence-corrected chi connectivity index (χ1v) is 10.2. The highest BCUT2D eigenvalue weighted by molar-refractivity contribution is 5.85. The summed E-state index contributed by atoms with van der Waals surface area (Å²) in [7, 11) is 0. The van der Waals surface area contributed by atoms with Gasteiger partial charge in [-0.3, -0.25) is 9.59 Å². The number of piperidine rings is 1. The lowest BCUT2D eigenvalue weighted by Crippen LogP contribution is -2.41. The smallest absolute Gasteiger partial charge is 0.253 e. The van der Waals surface area contributed by atoms with Crippen LogP contribution in [0.25, 0.3) is 10.9 Å². The van der Waals surface area contributed by atoms with E-state index in [2.05, 4.69) is 20.2 Å². The number of nitrogens with one attached hydrogen (secondary N) is 2. The molecule has 0 saturated carbocycles. The first-order chi connectivity index (χ1) is 14.4. The normalized spacial score (nSPS) is 14.8. The van der Waals surface area contributed by atoms with Gasteiger partial charge in [-0.25, -0.2) is 4.98 Å². The first-order valence-electron chi connectivity index (χ1n) is 10.2. The van der Waals surface area contributed by atoms with Gasteiger partial charge in [0, 0.05) is 42.2 Å². The summed E-state index contributed by atoms with van der Waals surface area (Å²) in [6, 6.07) is 11.2. The third-order valence-electron chi connectivity index (χ3n) is 5.81. The second-order valence-corrected chi connectivity index (χ2v) is 7.94. The molecule has 156 valence electrons. The number of aromatic nitrogens is 2. The molecule has 1 saturated heterocycles. The third-order valence-corrected chi connectivity index (χ3v) is 5.81. The molecule has 4 rings (SSSR count). The Morgan fingerprint density at radius 2 is 2.00 bits per heavy atom. The maximum Gasteiger partial charge on any atom is 0.253 e. The molecular weight excluding hydrogens is 380 g/mol. The Morgan fingerprint density at radius 3 is 2.73 bits per heavy atom. The van der Waals surface area contributed by atoms with Gasteiger partial charge in [0.05, 0.1) is 0 Å². The number of benzene rings is 1. The predicted octanol–water partition coefficient (Wildman–Crippen LogP) is 2.78. The quantitative estimate of drug-likeness (QED) is 0.619. The van der Waals surface area contributed by atoms with Crippen LogP contribution in [0.4, 0.5) is 5.82 Å². The molecule has 7 heteroatoms. The zero-order valence-corrected chi connectivity index (χ0v) is 17.2. The van der Waals surface area contributed by atoms with Gasteiger partial charge >= 0.3 is 0 Å². The predicted molar refractivity (Wildman–Crippen MR) is 117 cm³/mol. The standard InChI is InChI=1S/C23H26N4O3/c1-14-12-15(2)25-23(30)18(14)13-24-22(29)17-8-10-27(11-9-17)20-7-6-16-4-3-5-19(28)21(16)26-20/h3-7,12,17,28H,8-11,13H2,1-2H3,(H,24,29)(H,25,30). The number of pyridine rings is 2. The Balaban J connectivity index is 1.37. The number of anilines is 1. The van der Waals surface area contributed by atoms with Crippen molar-refractivity contribution in [3.63, 3.8) is 0 Å². The van der Waals surface area contributed by atoms with Gasteiger partial charge in [-0.1, -0.05) is 12.1 Å². The number of fused-ring (bicyclic) bond motifs is 1. The van der Waals surface area contributed by atoms with Crippen LogP contribution in [0.15, 0.2) is 41.2 Å². The number of H-pyrrole nitrogens is 1. The fourth-order valence-corrected chi connectivity index (χ4v) is 4.09. The molecule has 1 aliphatic heterocycles. The van der Waals surface area contributed by atoms with Crippen LogP contribution in [-0.2, 0) is 11.3 Å². The summed E-state index contributed by atoms with van der Waals surface area (Å²) in [5.74, 6) is 0.882. The number of carbonyl (C=O) groups excluding carboxylic acids is 1. The second-order valence-electron chi connectivity index (χ2n) is 7.94. The number of amides is 1. The highest BCUT2D eigenvalue weighted by atomic mass is 16.3. The minimum Gasteiger partial charge on any atom is -0.506 e. The largest absolute Gasteiger partial charge is 0.506 e. The van der Waals surface area contributed by atoms with Crippen molar-refractivity contribution in [1.82, 2.24) is 15.3 Å². The summed E-state index contributed by atoms with van der Waals surface area (Å²) in [6.45, 7) is 5.40. The van der Waals surface area contributed by atoms with E-state index in [1.807, 2.05) is 38.1 Å². The molecule has 7 nitrogen and oxygen atoms in total. The SMILES string of the molecule is Cc1cc(C)c(CNC(=O)C2CCN(c3ccc4cccc(O)c4n3)CC2)c(=O)[nH]1. The van der Waals surface area contributed by atoms with E-state index in [1.165, 1.54) is 0 Å². The number of hydrogen-bond donors (Lipinski definition) is 3. The van der Waals surface area contributed by atoms with Crippen molar-refractivity contribution < 1.29 is 9.90 Å². The van der Waals surface area contributed by atoms with E-state index in [0.717, 1.165) is 35.3 Å². The summed E-state index contributed by atoms with van der Waals surface area (Å²) < 4.78 is 0. The second kappa shape index (κ2) is 8.18. The van der Waals surface area contributed by atoms with E-state index in [0.29, 0.717) is 24.2 Å². The maximum atomic E-state index is 12.6. The number of aromatic hydroxyl groups is 1. The van der Waals surface area contributed by atoms with Gasteiger partial charge in [-0.2, -0.15) is 0 Å². The molecular formula is C23H26N4O3.